The van der Waals surface area contributed by atoms with E-state index in [1.807, 2.05) is 60.7 Å². The normalized spacial score (nSPS) is 11.2. The van der Waals surface area contributed by atoms with E-state index in [-0.39, 0.29) is 9.90 Å². The Morgan fingerprint density at radius 3 is 1.85 bits per heavy atom. The molecule has 0 unspecified atom stereocenters. The van der Waals surface area contributed by atoms with Gasteiger partial charge in [0.1, 0.15) is 16.6 Å². The lowest BCUT2D eigenvalue weighted by molar-refractivity contribution is -0.130. The zero-order valence-corrected chi connectivity index (χ0v) is 19.9. The SMILES string of the molecule is O=C(CN(c1ccccc1F)S(=O)(=O)c1cccs1)N(Cc1ccccc1)Cc1ccccc1. The summed E-state index contributed by atoms with van der Waals surface area (Å²) in [5, 5.41) is 1.63. The maximum absolute atomic E-state index is 14.7. The third-order valence-corrected chi connectivity index (χ3v) is 8.36. The summed E-state index contributed by atoms with van der Waals surface area (Å²) in [6, 6.07) is 27.6. The van der Waals surface area contributed by atoms with Crippen molar-refractivity contribution >= 4 is 33.0 Å². The van der Waals surface area contributed by atoms with Crippen molar-refractivity contribution in [3.63, 3.8) is 0 Å². The van der Waals surface area contributed by atoms with Crippen LogP contribution in [-0.4, -0.2) is 25.8 Å². The lowest BCUT2D eigenvalue weighted by atomic mass is 10.1. The van der Waals surface area contributed by atoms with Crippen LogP contribution in [0.4, 0.5) is 10.1 Å². The summed E-state index contributed by atoms with van der Waals surface area (Å²) in [6.07, 6.45) is 0. The summed E-state index contributed by atoms with van der Waals surface area (Å²) < 4.78 is 42.5. The average Bonchev–Trinajstić information content (AvgIpc) is 3.40. The summed E-state index contributed by atoms with van der Waals surface area (Å²) >= 11 is 1.02. The van der Waals surface area contributed by atoms with E-state index in [2.05, 4.69) is 0 Å². The Labute approximate surface area is 202 Å². The number of hydrogen-bond acceptors (Lipinski definition) is 4. The molecule has 0 spiro atoms. The second kappa shape index (κ2) is 10.6. The van der Waals surface area contributed by atoms with Gasteiger partial charge in [-0.1, -0.05) is 78.9 Å². The van der Waals surface area contributed by atoms with E-state index < -0.39 is 28.3 Å². The van der Waals surface area contributed by atoms with Crippen LogP contribution >= 0.6 is 11.3 Å². The highest BCUT2D eigenvalue weighted by Gasteiger charge is 2.31. The molecule has 34 heavy (non-hydrogen) atoms. The molecule has 0 saturated heterocycles. The van der Waals surface area contributed by atoms with E-state index in [1.54, 1.807) is 22.4 Å². The molecule has 4 rings (SSSR count). The molecule has 0 saturated carbocycles. The summed E-state index contributed by atoms with van der Waals surface area (Å²) in [5.74, 6) is -1.15. The topological polar surface area (TPSA) is 57.7 Å². The first-order valence-electron chi connectivity index (χ1n) is 10.6. The highest BCUT2D eigenvalue weighted by molar-refractivity contribution is 7.94. The lowest BCUT2D eigenvalue weighted by Crippen LogP contribution is -2.42. The van der Waals surface area contributed by atoms with Crippen LogP contribution in [0.1, 0.15) is 11.1 Å². The Morgan fingerprint density at radius 1 is 0.765 bits per heavy atom. The van der Waals surface area contributed by atoms with Crippen LogP contribution < -0.4 is 4.31 Å². The predicted molar refractivity (Wildman–Crippen MR) is 132 cm³/mol. The van der Waals surface area contributed by atoms with Gasteiger partial charge in [-0.25, -0.2) is 12.8 Å². The third kappa shape index (κ3) is 5.52. The number of halogens is 1. The van der Waals surface area contributed by atoms with E-state index in [0.717, 1.165) is 26.8 Å². The first-order valence-corrected chi connectivity index (χ1v) is 12.9. The van der Waals surface area contributed by atoms with Gasteiger partial charge in [0, 0.05) is 13.1 Å². The van der Waals surface area contributed by atoms with Gasteiger partial charge >= 0.3 is 0 Å². The van der Waals surface area contributed by atoms with Crippen molar-refractivity contribution in [2.24, 2.45) is 0 Å². The van der Waals surface area contributed by atoms with Gasteiger partial charge in [-0.15, -0.1) is 11.3 Å². The van der Waals surface area contributed by atoms with Crippen molar-refractivity contribution in [2.75, 3.05) is 10.8 Å². The molecule has 1 heterocycles. The zero-order chi connectivity index (χ0) is 24.0. The van der Waals surface area contributed by atoms with Crippen LogP contribution in [0.25, 0.3) is 0 Å². The van der Waals surface area contributed by atoms with Gasteiger partial charge in [0.2, 0.25) is 5.91 Å². The molecule has 0 fully saturated rings. The molecule has 174 valence electrons. The van der Waals surface area contributed by atoms with Gasteiger partial charge in [-0.3, -0.25) is 9.10 Å². The number of benzene rings is 3. The van der Waals surface area contributed by atoms with Crippen molar-refractivity contribution in [2.45, 2.75) is 17.3 Å². The molecule has 0 bridgehead atoms. The Kier molecular flexibility index (Phi) is 7.40. The average molecular weight is 495 g/mol. The highest BCUT2D eigenvalue weighted by atomic mass is 32.2. The summed E-state index contributed by atoms with van der Waals surface area (Å²) in [4.78, 5) is 15.1. The lowest BCUT2D eigenvalue weighted by Gasteiger charge is -2.28. The molecule has 1 amide bonds. The minimum atomic E-state index is -4.14. The molecule has 3 aromatic carbocycles. The van der Waals surface area contributed by atoms with Gasteiger partial charge < -0.3 is 4.90 Å². The Bertz CT molecular complexity index is 1290. The predicted octanol–water partition coefficient (Wildman–Crippen LogP) is 5.31. The monoisotopic (exact) mass is 494 g/mol. The molecule has 0 N–H and O–H groups in total. The van der Waals surface area contributed by atoms with Crippen LogP contribution in [0.5, 0.6) is 0 Å². The van der Waals surface area contributed by atoms with E-state index >= 15 is 0 Å². The smallest absolute Gasteiger partial charge is 0.274 e. The van der Waals surface area contributed by atoms with Crippen LogP contribution in [-0.2, 0) is 27.9 Å². The number of para-hydroxylation sites is 1. The van der Waals surface area contributed by atoms with Crippen LogP contribution in [0.2, 0.25) is 0 Å². The Balaban J connectivity index is 1.69. The van der Waals surface area contributed by atoms with Gasteiger partial charge in [-0.2, -0.15) is 0 Å². The van der Waals surface area contributed by atoms with Crippen molar-refractivity contribution in [3.8, 4) is 0 Å². The highest BCUT2D eigenvalue weighted by Crippen LogP contribution is 2.28. The number of carbonyl (C=O) groups is 1. The number of carbonyl (C=O) groups excluding carboxylic acids is 1. The molecule has 8 heteroatoms. The van der Waals surface area contributed by atoms with Crippen LogP contribution in [0.3, 0.4) is 0 Å². The van der Waals surface area contributed by atoms with E-state index in [0.29, 0.717) is 13.1 Å². The van der Waals surface area contributed by atoms with Crippen molar-refractivity contribution in [3.05, 3.63) is 119 Å². The molecular weight excluding hydrogens is 471 g/mol. The van der Waals surface area contributed by atoms with Gasteiger partial charge in [0.15, 0.2) is 0 Å². The maximum atomic E-state index is 14.7. The fraction of sp³-hybridized carbons (Fsp3) is 0.115. The second-order valence-electron chi connectivity index (χ2n) is 7.62. The summed E-state index contributed by atoms with van der Waals surface area (Å²) in [7, 11) is -4.14. The first-order chi connectivity index (χ1) is 16.4. The van der Waals surface area contributed by atoms with Crippen molar-refractivity contribution in [1.82, 2.24) is 4.90 Å². The largest absolute Gasteiger partial charge is 0.332 e. The summed E-state index contributed by atoms with van der Waals surface area (Å²) in [6.45, 7) is 0.0539. The standard InChI is InChI=1S/C26H23FN2O3S2/c27-23-14-7-8-15-24(23)29(34(31,32)26-16-9-17-33-26)20-25(30)28(18-21-10-3-1-4-11-21)19-22-12-5-2-6-13-22/h1-17H,18-20H2. The molecule has 1 aromatic heterocycles. The van der Waals surface area contributed by atoms with Gasteiger partial charge in [0.05, 0.1) is 5.69 Å². The Morgan fingerprint density at radius 2 is 1.32 bits per heavy atom. The minimum Gasteiger partial charge on any atom is -0.332 e. The van der Waals surface area contributed by atoms with Crippen molar-refractivity contribution in [1.29, 1.82) is 0 Å². The minimum absolute atomic E-state index is 0.0428. The molecule has 0 aliphatic heterocycles. The molecule has 4 aromatic rings. The summed E-state index contributed by atoms with van der Waals surface area (Å²) in [5.41, 5.74) is 1.65. The number of rotatable bonds is 9. The third-order valence-electron chi connectivity index (χ3n) is 5.22. The number of anilines is 1. The quantitative estimate of drug-likeness (QED) is 0.317. The number of hydrogen-bond donors (Lipinski definition) is 0. The van der Waals surface area contributed by atoms with Crippen LogP contribution in [0, 0.1) is 5.82 Å². The zero-order valence-electron chi connectivity index (χ0n) is 18.2. The molecule has 0 radical (unpaired) electrons. The molecule has 0 atom stereocenters. The molecule has 0 aliphatic rings. The second-order valence-corrected chi connectivity index (χ2v) is 10.7. The van der Waals surface area contributed by atoms with Crippen molar-refractivity contribution < 1.29 is 17.6 Å². The number of sulfonamides is 1. The van der Waals surface area contributed by atoms with Gasteiger partial charge in [0.25, 0.3) is 10.0 Å². The number of nitrogens with zero attached hydrogens (tertiary/aromatic N) is 2. The fourth-order valence-electron chi connectivity index (χ4n) is 3.54. The molecular formula is C26H23FN2O3S2. The first kappa shape index (κ1) is 23.7. The van der Waals surface area contributed by atoms with Gasteiger partial charge in [-0.05, 0) is 34.7 Å². The van der Waals surface area contributed by atoms with E-state index in [4.69, 9.17) is 0 Å². The van der Waals surface area contributed by atoms with E-state index in [9.17, 15) is 17.6 Å². The Hall–Kier alpha value is -3.49. The number of amides is 1. The number of thiophene rings is 1. The fourth-order valence-corrected chi connectivity index (χ4v) is 6.06. The van der Waals surface area contributed by atoms with Crippen LogP contribution in [0.15, 0.2) is 107 Å². The molecule has 5 nitrogen and oxygen atoms in total. The molecule has 0 aliphatic carbocycles. The van der Waals surface area contributed by atoms with E-state index in [1.165, 1.54) is 24.3 Å². The maximum Gasteiger partial charge on any atom is 0.274 e.